The van der Waals surface area contributed by atoms with Gasteiger partial charge in [-0.05, 0) is 29.6 Å². The SMILES string of the molecule is [N-]=[N+]=NCCC=Cc1ccc(N)c(OC(F)(F)F)c1. The smallest absolute Gasteiger partial charge is 0.404 e. The van der Waals surface area contributed by atoms with Crippen LogP contribution in [0.2, 0.25) is 0 Å². The molecule has 0 saturated heterocycles. The fraction of sp³-hybridized carbons (Fsp3) is 0.273. The van der Waals surface area contributed by atoms with Crippen molar-refractivity contribution >= 4 is 11.8 Å². The molecule has 19 heavy (non-hydrogen) atoms. The van der Waals surface area contributed by atoms with Crippen molar-refractivity contribution in [2.45, 2.75) is 12.8 Å². The third-order valence-electron chi connectivity index (χ3n) is 2.03. The van der Waals surface area contributed by atoms with Crippen LogP contribution in [0.1, 0.15) is 12.0 Å². The van der Waals surface area contributed by atoms with Crippen LogP contribution in [0.15, 0.2) is 29.4 Å². The summed E-state index contributed by atoms with van der Waals surface area (Å²) in [5, 5.41) is 3.32. The van der Waals surface area contributed by atoms with E-state index in [1.807, 2.05) is 0 Å². The highest BCUT2D eigenvalue weighted by molar-refractivity contribution is 5.61. The molecule has 1 rings (SSSR count). The summed E-state index contributed by atoms with van der Waals surface area (Å²) in [7, 11) is 0. The van der Waals surface area contributed by atoms with E-state index in [1.54, 1.807) is 18.2 Å². The number of nitrogens with zero attached hydrogens (tertiary/aromatic N) is 3. The molecule has 0 bridgehead atoms. The van der Waals surface area contributed by atoms with Crippen LogP contribution in [-0.2, 0) is 0 Å². The third kappa shape index (κ3) is 5.69. The first kappa shape index (κ1) is 14.7. The second kappa shape index (κ2) is 6.55. The Morgan fingerprint density at radius 3 is 2.79 bits per heavy atom. The van der Waals surface area contributed by atoms with Crippen molar-refractivity contribution in [1.82, 2.24) is 0 Å². The Kier molecular flexibility index (Phi) is 5.08. The van der Waals surface area contributed by atoms with Gasteiger partial charge in [-0.1, -0.05) is 23.3 Å². The van der Waals surface area contributed by atoms with Gasteiger partial charge in [0.1, 0.15) is 0 Å². The molecular weight excluding hydrogens is 261 g/mol. The van der Waals surface area contributed by atoms with E-state index in [9.17, 15) is 13.2 Å². The standard InChI is InChI=1S/C11H11F3N4O/c12-11(13,14)19-10-7-8(4-5-9(10)15)3-1-2-6-17-18-16/h1,3-5,7H,2,6,15H2. The molecule has 1 aromatic carbocycles. The van der Waals surface area contributed by atoms with Gasteiger partial charge in [0.2, 0.25) is 0 Å². The van der Waals surface area contributed by atoms with E-state index in [1.165, 1.54) is 12.1 Å². The van der Waals surface area contributed by atoms with Crippen LogP contribution in [0, 0.1) is 0 Å². The van der Waals surface area contributed by atoms with Crippen LogP contribution < -0.4 is 10.5 Å². The number of hydrogen-bond donors (Lipinski definition) is 1. The Labute approximate surface area is 107 Å². The van der Waals surface area contributed by atoms with Crippen molar-refractivity contribution in [3.8, 4) is 5.75 Å². The van der Waals surface area contributed by atoms with Gasteiger partial charge in [0.25, 0.3) is 0 Å². The van der Waals surface area contributed by atoms with Gasteiger partial charge < -0.3 is 10.5 Å². The molecule has 0 atom stereocenters. The summed E-state index contributed by atoms with van der Waals surface area (Å²) in [5.74, 6) is -0.440. The maximum absolute atomic E-state index is 12.1. The molecule has 0 heterocycles. The average Bonchev–Trinajstić information content (AvgIpc) is 2.31. The first-order valence-electron chi connectivity index (χ1n) is 5.25. The van der Waals surface area contributed by atoms with Crippen molar-refractivity contribution < 1.29 is 17.9 Å². The summed E-state index contributed by atoms with van der Waals surface area (Å²) in [6, 6.07) is 4.07. The Morgan fingerprint density at radius 1 is 1.42 bits per heavy atom. The number of nitrogen functional groups attached to an aromatic ring is 1. The Morgan fingerprint density at radius 2 is 2.16 bits per heavy atom. The van der Waals surface area contributed by atoms with Crippen LogP contribution in [0.3, 0.4) is 0 Å². The lowest BCUT2D eigenvalue weighted by Gasteiger charge is -2.11. The minimum Gasteiger partial charge on any atom is -0.404 e. The summed E-state index contributed by atoms with van der Waals surface area (Å²) in [4.78, 5) is 2.58. The maximum atomic E-state index is 12.1. The molecule has 1 aromatic rings. The van der Waals surface area contributed by atoms with Crippen molar-refractivity contribution in [1.29, 1.82) is 0 Å². The lowest BCUT2D eigenvalue weighted by Crippen LogP contribution is -2.18. The van der Waals surface area contributed by atoms with Gasteiger partial charge in [0, 0.05) is 11.5 Å². The summed E-state index contributed by atoms with van der Waals surface area (Å²) in [6.07, 6.45) is -1.02. The Balaban J connectivity index is 2.75. The lowest BCUT2D eigenvalue weighted by molar-refractivity contribution is -0.274. The molecule has 0 unspecified atom stereocenters. The van der Waals surface area contributed by atoms with Gasteiger partial charge in [-0.2, -0.15) is 0 Å². The topological polar surface area (TPSA) is 84.0 Å². The highest BCUT2D eigenvalue weighted by atomic mass is 19.4. The van der Waals surface area contributed by atoms with E-state index in [0.29, 0.717) is 12.0 Å². The number of ether oxygens (including phenoxy) is 1. The largest absolute Gasteiger partial charge is 0.573 e. The zero-order valence-electron chi connectivity index (χ0n) is 9.76. The second-order valence-electron chi connectivity index (χ2n) is 3.49. The highest BCUT2D eigenvalue weighted by Crippen LogP contribution is 2.29. The summed E-state index contributed by atoms with van der Waals surface area (Å²) in [6.45, 7) is 0.286. The molecule has 0 aliphatic heterocycles. The molecule has 2 N–H and O–H groups in total. The number of alkyl halides is 3. The van der Waals surface area contributed by atoms with Crippen LogP contribution in [0.5, 0.6) is 5.75 Å². The van der Waals surface area contributed by atoms with E-state index < -0.39 is 12.1 Å². The van der Waals surface area contributed by atoms with E-state index in [2.05, 4.69) is 14.8 Å². The van der Waals surface area contributed by atoms with Gasteiger partial charge >= 0.3 is 6.36 Å². The molecule has 0 aromatic heterocycles. The molecule has 0 fully saturated rings. The molecule has 102 valence electrons. The summed E-state index contributed by atoms with van der Waals surface area (Å²) < 4.78 is 40.1. The number of rotatable bonds is 5. The van der Waals surface area contributed by atoms with E-state index in [0.717, 1.165) is 0 Å². The third-order valence-corrected chi connectivity index (χ3v) is 2.03. The van der Waals surface area contributed by atoms with Crippen LogP contribution >= 0.6 is 0 Å². The van der Waals surface area contributed by atoms with Crippen LogP contribution in [0.4, 0.5) is 18.9 Å². The van der Waals surface area contributed by atoms with E-state index in [-0.39, 0.29) is 12.2 Å². The van der Waals surface area contributed by atoms with Crippen molar-refractivity contribution in [2.75, 3.05) is 12.3 Å². The van der Waals surface area contributed by atoms with Gasteiger partial charge in [-0.3, -0.25) is 0 Å². The second-order valence-corrected chi connectivity index (χ2v) is 3.49. The minimum atomic E-state index is -4.78. The quantitative estimate of drug-likeness (QED) is 0.290. The number of benzene rings is 1. The van der Waals surface area contributed by atoms with Crippen LogP contribution in [0.25, 0.3) is 16.5 Å². The fourth-order valence-electron chi connectivity index (χ4n) is 1.26. The van der Waals surface area contributed by atoms with Gasteiger partial charge in [-0.25, -0.2) is 0 Å². The number of nitrogens with two attached hydrogens (primary N) is 1. The molecule has 0 saturated carbocycles. The summed E-state index contributed by atoms with van der Waals surface area (Å²) >= 11 is 0. The Hall–Kier alpha value is -2.34. The molecule has 5 nitrogen and oxygen atoms in total. The highest BCUT2D eigenvalue weighted by Gasteiger charge is 2.31. The first-order chi connectivity index (χ1) is 8.92. The van der Waals surface area contributed by atoms with Crippen molar-refractivity contribution in [3.63, 3.8) is 0 Å². The fourth-order valence-corrected chi connectivity index (χ4v) is 1.26. The lowest BCUT2D eigenvalue weighted by atomic mass is 10.1. The number of anilines is 1. The number of azide groups is 1. The van der Waals surface area contributed by atoms with Crippen LogP contribution in [-0.4, -0.2) is 12.9 Å². The molecule has 0 spiro atoms. The van der Waals surface area contributed by atoms with E-state index >= 15 is 0 Å². The normalized spacial score (nSPS) is 11.3. The zero-order valence-corrected chi connectivity index (χ0v) is 9.76. The van der Waals surface area contributed by atoms with Crippen molar-refractivity contribution in [3.05, 3.63) is 40.3 Å². The summed E-state index contributed by atoms with van der Waals surface area (Å²) in [5.41, 5.74) is 13.9. The maximum Gasteiger partial charge on any atom is 0.573 e. The Bertz CT molecular complexity index is 507. The van der Waals surface area contributed by atoms with Gasteiger partial charge in [-0.15, -0.1) is 13.2 Å². The van der Waals surface area contributed by atoms with Gasteiger partial charge in [0.05, 0.1) is 5.69 Å². The van der Waals surface area contributed by atoms with Gasteiger partial charge in [0.15, 0.2) is 5.75 Å². The number of hydrogen-bond acceptors (Lipinski definition) is 3. The molecule has 0 aliphatic carbocycles. The van der Waals surface area contributed by atoms with E-state index in [4.69, 9.17) is 11.3 Å². The predicted octanol–water partition coefficient (Wildman–Crippen LogP) is 3.88. The predicted molar refractivity (Wildman–Crippen MR) is 65.2 cm³/mol. The molecule has 0 aliphatic rings. The van der Waals surface area contributed by atoms with Crippen molar-refractivity contribution in [2.24, 2.45) is 5.11 Å². The molecular formula is C11H11F3N4O. The molecule has 0 amide bonds. The number of halogens is 3. The monoisotopic (exact) mass is 272 g/mol. The zero-order chi connectivity index (χ0) is 14.3. The minimum absolute atomic E-state index is 0.0939. The first-order valence-corrected chi connectivity index (χ1v) is 5.25. The molecule has 8 heteroatoms. The molecule has 0 radical (unpaired) electrons. The average molecular weight is 272 g/mol.